The van der Waals surface area contributed by atoms with Crippen LogP contribution in [0.5, 0.6) is 0 Å². The maximum Gasteiger partial charge on any atom is 0.315 e. The van der Waals surface area contributed by atoms with Crippen LogP contribution in [0.25, 0.3) is 0 Å². The Kier molecular flexibility index (Phi) is 4.49. The average Bonchev–Trinajstić information content (AvgIpc) is 3.15. The Hall–Kier alpha value is -1.75. The molecule has 1 saturated carbocycles. The van der Waals surface area contributed by atoms with E-state index in [-0.39, 0.29) is 11.6 Å². The monoisotopic (exact) mass is 276 g/mol. The van der Waals surface area contributed by atoms with Gasteiger partial charge in [0, 0.05) is 12.2 Å². The molecule has 1 aromatic carbocycles. The fourth-order valence-corrected chi connectivity index (χ4v) is 2.31. The maximum absolute atomic E-state index is 11.9. The summed E-state index contributed by atoms with van der Waals surface area (Å²) in [6, 6.07) is 7.67. The summed E-state index contributed by atoms with van der Waals surface area (Å²) in [6.45, 7) is 1.66. The molecular weight excluding hydrogens is 252 g/mol. The molecule has 0 aliphatic heterocycles. The zero-order chi connectivity index (χ0) is 14.6. The normalized spacial score (nSPS) is 15.9. The predicted octanol–water partition coefficient (Wildman–Crippen LogP) is 1.51. The van der Waals surface area contributed by atoms with E-state index in [1.54, 1.807) is 0 Å². The van der Waals surface area contributed by atoms with Crippen molar-refractivity contribution in [2.24, 2.45) is 0 Å². The zero-order valence-electron chi connectivity index (χ0n) is 12.3. The highest BCUT2D eigenvalue weighted by Gasteiger charge is 2.45. The number of urea groups is 1. The Morgan fingerprint density at radius 1 is 1.40 bits per heavy atom. The van der Waals surface area contributed by atoms with E-state index in [0.29, 0.717) is 6.54 Å². The van der Waals surface area contributed by atoms with E-state index in [1.165, 1.54) is 0 Å². The van der Waals surface area contributed by atoms with E-state index in [4.69, 9.17) is 5.73 Å². The van der Waals surface area contributed by atoms with Crippen LogP contribution in [0.4, 0.5) is 10.5 Å². The van der Waals surface area contributed by atoms with Gasteiger partial charge in [-0.25, -0.2) is 4.79 Å². The molecule has 0 atom stereocenters. The van der Waals surface area contributed by atoms with Crippen LogP contribution >= 0.6 is 0 Å². The van der Waals surface area contributed by atoms with Gasteiger partial charge in [-0.15, -0.1) is 0 Å². The number of nitrogens with zero attached hydrogens (tertiary/aromatic N) is 1. The average molecular weight is 276 g/mol. The van der Waals surface area contributed by atoms with Crippen LogP contribution in [-0.2, 0) is 5.54 Å². The number of rotatable bonds is 6. The number of hydrogen-bond donors (Lipinski definition) is 3. The molecule has 5 heteroatoms. The van der Waals surface area contributed by atoms with Crippen molar-refractivity contribution in [2.45, 2.75) is 24.8 Å². The molecule has 0 heterocycles. The Balaban J connectivity index is 1.82. The van der Waals surface area contributed by atoms with Gasteiger partial charge in [0.25, 0.3) is 0 Å². The van der Waals surface area contributed by atoms with Crippen molar-refractivity contribution in [3.05, 3.63) is 29.8 Å². The lowest BCUT2D eigenvalue weighted by atomic mass is 10.0. The molecule has 0 spiro atoms. The molecule has 0 aromatic heterocycles. The minimum absolute atomic E-state index is 0.0938. The third-order valence-electron chi connectivity index (χ3n) is 3.61. The Bertz CT molecular complexity index is 469. The summed E-state index contributed by atoms with van der Waals surface area (Å²) in [6.07, 6.45) is 2.90. The quantitative estimate of drug-likeness (QED) is 0.545. The summed E-state index contributed by atoms with van der Waals surface area (Å²) in [5.74, 6) is 0. The summed E-state index contributed by atoms with van der Waals surface area (Å²) >= 11 is 0. The van der Waals surface area contributed by atoms with E-state index in [1.807, 2.05) is 38.4 Å². The first-order valence-corrected chi connectivity index (χ1v) is 7.09. The van der Waals surface area contributed by atoms with E-state index in [9.17, 15) is 4.79 Å². The van der Waals surface area contributed by atoms with Crippen LogP contribution in [0, 0.1) is 0 Å². The number of benzene rings is 1. The van der Waals surface area contributed by atoms with Gasteiger partial charge < -0.3 is 21.3 Å². The van der Waals surface area contributed by atoms with Gasteiger partial charge in [0.2, 0.25) is 0 Å². The highest BCUT2D eigenvalue weighted by Crippen LogP contribution is 2.45. The van der Waals surface area contributed by atoms with Crippen LogP contribution in [-0.4, -0.2) is 38.1 Å². The molecule has 2 rings (SSSR count). The van der Waals surface area contributed by atoms with E-state index in [2.05, 4.69) is 15.5 Å². The molecule has 1 aromatic rings. The minimum Gasteiger partial charge on any atom is -0.399 e. The van der Waals surface area contributed by atoms with Gasteiger partial charge >= 0.3 is 6.03 Å². The second-order valence-electron chi connectivity index (χ2n) is 5.75. The predicted molar refractivity (Wildman–Crippen MR) is 81.5 cm³/mol. The van der Waals surface area contributed by atoms with Gasteiger partial charge in [-0.3, -0.25) is 0 Å². The van der Waals surface area contributed by atoms with Crippen LogP contribution in [0.3, 0.4) is 0 Å². The van der Waals surface area contributed by atoms with E-state index < -0.39 is 0 Å². The zero-order valence-corrected chi connectivity index (χ0v) is 12.3. The maximum atomic E-state index is 11.9. The molecule has 20 heavy (non-hydrogen) atoms. The number of amides is 2. The third-order valence-corrected chi connectivity index (χ3v) is 3.61. The van der Waals surface area contributed by atoms with Crippen molar-refractivity contribution in [2.75, 3.05) is 32.9 Å². The number of nitrogens with two attached hydrogens (primary N) is 1. The molecule has 2 amide bonds. The Morgan fingerprint density at radius 3 is 2.75 bits per heavy atom. The first kappa shape index (κ1) is 14.7. The van der Waals surface area contributed by atoms with E-state index in [0.717, 1.165) is 37.1 Å². The molecule has 1 fully saturated rings. The lowest BCUT2D eigenvalue weighted by Gasteiger charge is -2.19. The van der Waals surface area contributed by atoms with Crippen LogP contribution in [0.2, 0.25) is 0 Å². The molecule has 5 nitrogen and oxygen atoms in total. The van der Waals surface area contributed by atoms with Gasteiger partial charge in [0.05, 0.1) is 5.54 Å². The van der Waals surface area contributed by atoms with Crippen molar-refractivity contribution >= 4 is 11.7 Å². The summed E-state index contributed by atoms with van der Waals surface area (Å²) in [7, 11) is 4.05. The third kappa shape index (κ3) is 3.87. The molecular formula is C15H24N4O. The van der Waals surface area contributed by atoms with Crippen LogP contribution in [0.15, 0.2) is 24.3 Å². The fourth-order valence-electron chi connectivity index (χ4n) is 2.31. The summed E-state index contributed by atoms with van der Waals surface area (Å²) < 4.78 is 0. The van der Waals surface area contributed by atoms with Crippen molar-refractivity contribution < 1.29 is 4.79 Å². The van der Waals surface area contributed by atoms with Gasteiger partial charge in [0.15, 0.2) is 0 Å². The second-order valence-corrected chi connectivity index (χ2v) is 5.75. The highest BCUT2D eigenvalue weighted by molar-refractivity contribution is 5.75. The second kappa shape index (κ2) is 6.13. The fraction of sp³-hybridized carbons (Fsp3) is 0.533. The summed E-state index contributed by atoms with van der Waals surface area (Å²) in [4.78, 5) is 14.0. The lowest BCUT2D eigenvalue weighted by Crippen LogP contribution is -2.42. The summed E-state index contributed by atoms with van der Waals surface area (Å²) in [5, 5.41) is 5.99. The molecule has 0 radical (unpaired) electrons. The molecule has 0 bridgehead atoms. The highest BCUT2D eigenvalue weighted by atomic mass is 16.2. The minimum atomic E-state index is -0.207. The smallest absolute Gasteiger partial charge is 0.315 e. The van der Waals surface area contributed by atoms with Crippen molar-refractivity contribution in [1.29, 1.82) is 0 Å². The largest absolute Gasteiger partial charge is 0.399 e. The standard InChI is InChI=1S/C15H24N4O/c1-19(2)10-4-9-17-14(20)18-15(7-8-15)12-5-3-6-13(16)11-12/h3,5-6,11H,4,7-10,16H2,1-2H3,(H2,17,18,20). The first-order valence-electron chi connectivity index (χ1n) is 7.09. The number of anilines is 1. The van der Waals surface area contributed by atoms with Gasteiger partial charge in [0.1, 0.15) is 0 Å². The topological polar surface area (TPSA) is 70.4 Å². The molecule has 110 valence electrons. The van der Waals surface area contributed by atoms with Crippen molar-refractivity contribution in [3.63, 3.8) is 0 Å². The lowest BCUT2D eigenvalue weighted by molar-refractivity contribution is 0.235. The molecule has 4 N–H and O–H groups in total. The van der Waals surface area contributed by atoms with E-state index >= 15 is 0 Å². The number of carbonyl (C=O) groups is 1. The number of hydrogen-bond acceptors (Lipinski definition) is 3. The van der Waals surface area contributed by atoms with Gasteiger partial charge in [-0.2, -0.15) is 0 Å². The molecule has 0 unspecified atom stereocenters. The Morgan fingerprint density at radius 2 is 2.15 bits per heavy atom. The van der Waals surface area contributed by atoms with Gasteiger partial charge in [-0.1, -0.05) is 12.1 Å². The first-order chi connectivity index (χ1) is 9.52. The number of nitrogen functional groups attached to an aromatic ring is 1. The molecule has 0 saturated heterocycles. The summed E-state index contributed by atoms with van der Waals surface area (Å²) in [5.41, 5.74) is 7.44. The molecule has 1 aliphatic carbocycles. The Labute approximate surface area is 120 Å². The van der Waals surface area contributed by atoms with Gasteiger partial charge in [-0.05, 0) is 57.6 Å². The van der Waals surface area contributed by atoms with Crippen molar-refractivity contribution in [3.8, 4) is 0 Å². The molecule has 1 aliphatic rings. The number of nitrogens with one attached hydrogen (secondary N) is 2. The SMILES string of the molecule is CN(C)CCCNC(=O)NC1(c2cccc(N)c2)CC1. The van der Waals surface area contributed by atoms with Crippen molar-refractivity contribution in [1.82, 2.24) is 15.5 Å². The number of carbonyl (C=O) groups excluding carboxylic acids is 1. The van der Waals surface area contributed by atoms with Crippen LogP contribution < -0.4 is 16.4 Å². The van der Waals surface area contributed by atoms with Crippen LogP contribution in [0.1, 0.15) is 24.8 Å².